The zero-order chi connectivity index (χ0) is 18.2. The first-order chi connectivity index (χ1) is 11.5. The van der Waals surface area contributed by atoms with Gasteiger partial charge >= 0.3 is 0 Å². The monoisotopic (exact) mass is 379 g/mol. The number of aliphatic carboxylic acids is 1. The number of amides is 1. The normalized spacial score (nSPS) is 12.8. The van der Waals surface area contributed by atoms with Gasteiger partial charge in [0, 0.05) is 0 Å². The predicted molar refractivity (Wildman–Crippen MR) is 97.1 cm³/mol. The zero-order valence-corrected chi connectivity index (χ0v) is 15.9. The third-order valence-electron chi connectivity index (χ3n) is 3.33. The number of nitrogens with one attached hydrogen (secondary N) is 1. The van der Waals surface area contributed by atoms with E-state index < -0.39 is 24.5 Å². The van der Waals surface area contributed by atoms with Gasteiger partial charge in [0.05, 0.1) is 18.3 Å². The number of carboxylic acid groups (broad SMARTS) is 1. The third kappa shape index (κ3) is 13.5. The van der Waals surface area contributed by atoms with Gasteiger partial charge in [-0.1, -0.05) is 30.8 Å². The highest BCUT2D eigenvalue weighted by molar-refractivity contribution is 8.14. The number of carbonyl (C=O) groups excluding carboxylic acids is 2. The minimum absolute atomic E-state index is 0.340. The maximum Gasteiger partial charge on any atom is 0.279 e. The van der Waals surface area contributed by atoms with Gasteiger partial charge in [-0.2, -0.15) is 11.8 Å². The minimum Gasteiger partial charge on any atom is -0.548 e. The van der Waals surface area contributed by atoms with Crippen molar-refractivity contribution < 1.29 is 25.6 Å². The lowest BCUT2D eigenvalue weighted by Crippen LogP contribution is -2.69. The van der Waals surface area contributed by atoms with Gasteiger partial charge in [-0.3, -0.25) is 4.79 Å². The summed E-state index contributed by atoms with van der Waals surface area (Å²) in [6, 6.07) is -0.609. The van der Waals surface area contributed by atoms with Crippen LogP contribution in [0.25, 0.3) is 0 Å². The molecule has 0 aliphatic carbocycles. The molecule has 140 valence electrons. The van der Waals surface area contributed by atoms with Crippen LogP contribution in [0.3, 0.4) is 0 Å². The molecular formula is C15H29N3O4S2. The number of carbonyl (C=O) groups is 2. The van der Waals surface area contributed by atoms with Crippen LogP contribution in [0.1, 0.15) is 44.9 Å². The predicted octanol–water partition coefficient (Wildman–Crippen LogP) is 0.0776. The fourth-order valence-electron chi connectivity index (χ4n) is 1.96. The van der Waals surface area contributed by atoms with Crippen LogP contribution in [0.2, 0.25) is 0 Å². The smallest absolute Gasteiger partial charge is 0.279 e. The molecule has 0 aliphatic heterocycles. The molecule has 0 radical (unpaired) electrons. The van der Waals surface area contributed by atoms with E-state index in [0.29, 0.717) is 17.2 Å². The van der Waals surface area contributed by atoms with Crippen molar-refractivity contribution in [3.63, 3.8) is 0 Å². The molecule has 24 heavy (non-hydrogen) atoms. The van der Waals surface area contributed by atoms with E-state index in [1.165, 1.54) is 43.2 Å². The van der Waals surface area contributed by atoms with E-state index >= 15 is 0 Å². The van der Waals surface area contributed by atoms with Crippen molar-refractivity contribution >= 4 is 40.4 Å². The molecule has 0 fully saturated rings. The largest absolute Gasteiger partial charge is 0.548 e. The summed E-state index contributed by atoms with van der Waals surface area (Å²) in [5, 5.41) is 25.4. The van der Waals surface area contributed by atoms with Crippen LogP contribution >= 0.6 is 23.5 Å². The topological polar surface area (TPSA) is 129 Å². The first kappa shape index (κ1) is 23.1. The highest BCUT2D eigenvalue weighted by atomic mass is 32.2. The molecule has 0 rings (SSSR count). The lowest BCUT2D eigenvalue weighted by molar-refractivity contribution is -0.396. The minimum atomic E-state index is -1.34. The molecule has 0 aliphatic rings. The molecule has 0 heterocycles. The molecule has 0 aromatic heterocycles. The highest BCUT2D eigenvalue weighted by Crippen LogP contribution is 2.14. The number of quaternary nitrogens is 1. The summed E-state index contributed by atoms with van der Waals surface area (Å²) >= 11 is 3.16. The Hall–Kier alpha value is -0.930. The molecule has 0 saturated heterocycles. The van der Waals surface area contributed by atoms with Crippen LogP contribution in [0.5, 0.6) is 0 Å². The molecule has 0 aromatic rings. The Balaban J connectivity index is 3.76. The van der Waals surface area contributed by atoms with Crippen LogP contribution in [0.4, 0.5) is 0 Å². The summed E-state index contributed by atoms with van der Waals surface area (Å²) in [5.41, 5.74) is 3.68. The number of carboxylic acids is 1. The van der Waals surface area contributed by atoms with Crippen molar-refractivity contribution in [3.05, 3.63) is 0 Å². The molecule has 5 N–H and O–H groups in total. The number of unbranched alkanes of at least 4 members (excludes halogenated alkanes) is 5. The Labute approximate surface area is 152 Å². The van der Waals surface area contributed by atoms with Crippen LogP contribution in [-0.2, 0) is 9.59 Å². The fraction of sp³-hybridized carbons (Fsp3) is 0.800. The van der Waals surface area contributed by atoms with Crippen molar-refractivity contribution in [2.45, 2.75) is 51.0 Å². The van der Waals surface area contributed by atoms with Gasteiger partial charge in [-0.05, 0) is 31.3 Å². The second-order valence-corrected chi connectivity index (χ2v) is 7.53. The SMILES string of the molecule is CSCCCCCCCC/C(=N\O)SC[C@H]([NH3+])C(=O)NCC(=O)[O-]. The lowest BCUT2D eigenvalue weighted by Gasteiger charge is -2.10. The Bertz CT molecular complexity index is 395. The Morgan fingerprint density at radius 3 is 2.42 bits per heavy atom. The summed E-state index contributed by atoms with van der Waals surface area (Å²) in [4.78, 5) is 21.9. The van der Waals surface area contributed by atoms with Gasteiger partial charge in [-0.25, -0.2) is 0 Å². The van der Waals surface area contributed by atoms with E-state index in [2.05, 4.69) is 22.5 Å². The Kier molecular flexibility index (Phi) is 15.0. The van der Waals surface area contributed by atoms with Crippen molar-refractivity contribution in [1.82, 2.24) is 5.32 Å². The summed E-state index contributed by atoms with van der Waals surface area (Å²) in [7, 11) is 0. The molecule has 0 saturated carbocycles. The molecule has 1 amide bonds. The summed E-state index contributed by atoms with van der Waals surface area (Å²) in [6.07, 6.45) is 9.80. The first-order valence-corrected chi connectivity index (χ1v) is 10.5. The molecule has 7 nitrogen and oxygen atoms in total. The van der Waals surface area contributed by atoms with Crippen molar-refractivity contribution in [2.75, 3.05) is 24.3 Å². The Morgan fingerprint density at radius 1 is 1.21 bits per heavy atom. The average Bonchev–Trinajstić information content (AvgIpc) is 2.57. The van der Waals surface area contributed by atoms with Gasteiger partial charge in [-0.15, -0.1) is 11.8 Å². The van der Waals surface area contributed by atoms with Crippen LogP contribution in [-0.4, -0.2) is 52.5 Å². The van der Waals surface area contributed by atoms with E-state index in [4.69, 9.17) is 5.21 Å². The molecule has 0 unspecified atom stereocenters. The van der Waals surface area contributed by atoms with Crippen LogP contribution in [0, 0.1) is 0 Å². The fourth-order valence-corrected chi connectivity index (χ4v) is 3.34. The maximum absolute atomic E-state index is 11.6. The van der Waals surface area contributed by atoms with Gasteiger partial charge in [0.25, 0.3) is 5.91 Å². The standard InChI is InChI=1S/C15H29N3O4S2/c1-23-9-7-5-3-2-4-6-8-13(18-22)24-11-12(16)15(21)17-10-14(19)20/h12,22H,2-11,16H2,1H3,(H,17,21)(H,19,20)/b18-13+/t12-/m0/s1. The molecule has 0 spiro atoms. The first-order valence-electron chi connectivity index (χ1n) is 8.14. The van der Waals surface area contributed by atoms with E-state index in [9.17, 15) is 14.7 Å². The van der Waals surface area contributed by atoms with E-state index in [1.807, 2.05) is 11.8 Å². The second kappa shape index (κ2) is 15.6. The van der Waals surface area contributed by atoms with Crippen molar-refractivity contribution in [2.24, 2.45) is 5.16 Å². The number of rotatable bonds is 14. The van der Waals surface area contributed by atoms with Gasteiger partial charge in [0.2, 0.25) is 0 Å². The summed E-state index contributed by atoms with van der Waals surface area (Å²) in [6.45, 7) is -0.520. The zero-order valence-electron chi connectivity index (χ0n) is 14.3. The number of oxime groups is 1. The van der Waals surface area contributed by atoms with Crippen LogP contribution in [0.15, 0.2) is 5.16 Å². The lowest BCUT2D eigenvalue weighted by atomic mass is 10.1. The average molecular weight is 380 g/mol. The Morgan fingerprint density at radius 2 is 1.83 bits per heavy atom. The highest BCUT2D eigenvalue weighted by Gasteiger charge is 2.18. The number of nitrogens with zero attached hydrogens (tertiary/aromatic N) is 1. The summed E-state index contributed by atoms with van der Waals surface area (Å²) < 4.78 is 0. The maximum atomic E-state index is 11.6. The van der Waals surface area contributed by atoms with Gasteiger partial charge in [0.1, 0.15) is 5.04 Å². The van der Waals surface area contributed by atoms with E-state index in [1.54, 1.807) is 0 Å². The van der Waals surface area contributed by atoms with E-state index in [0.717, 1.165) is 12.8 Å². The van der Waals surface area contributed by atoms with Crippen molar-refractivity contribution in [3.8, 4) is 0 Å². The molecule has 0 bridgehead atoms. The number of thioether (sulfide) groups is 2. The molecule has 1 atom stereocenters. The van der Waals surface area contributed by atoms with E-state index in [-0.39, 0.29) is 0 Å². The quantitative estimate of drug-likeness (QED) is 0.129. The molecule has 0 aromatic carbocycles. The summed E-state index contributed by atoms with van der Waals surface area (Å²) in [5.74, 6) is -0.225. The van der Waals surface area contributed by atoms with Crippen molar-refractivity contribution in [1.29, 1.82) is 0 Å². The van der Waals surface area contributed by atoms with Gasteiger partial charge in [0.15, 0.2) is 6.04 Å². The second-order valence-electron chi connectivity index (χ2n) is 5.46. The van der Waals surface area contributed by atoms with Gasteiger partial charge < -0.3 is 26.2 Å². The van der Waals surface area contributed by atoms with Crippen LogP contribution < -0.4 is 16.2 Å². The molecular weight excluding hydrogens is 350 g/mol. The third-order valence-corrected chi connectivity index (χ3v) is 5.21. The number of hydrogen-bond acceptors (Lipinski definition) is 7. The molecule has 9 heteroatoms. The number of hydrogen-bond donors (Lipinski definition) is 3.